The van der Waals surface area contributed by atoms with Crippen LogP contribution in [-0.2, 0) is 17.4 Å². The van der Waals surface area contributed by atoms with Gasteiger partial charge in [0.15, 0.2) is 11.5 Å². The molecule has 1 atom stereocenters. The Kier molecular flexibility index (Phi) is 3.87. The third-order valence-electron chi connectivity index (χ3n) is 2.98. The number of carbonyl (C=O) groups excluding carboxylic acids is 1. The molecular weight excluding hydrogens is 257 g/mol. The van der Waals surface area contributed by atoms with Gasteiger partial charge in [0, 0.05) is 11.6 Å². The topological polar surface area (TPSA) is 45.8 Å². The van der Waals surface area contributed by atoms with E-state index in [4.69, 9.17) is 0 Å². The summed E-state index contributed by atoms with van der Waals surface area (Å²) in [6.45, 7) is 0. The first-order valence-corrected chi connectivity index (χ1v) is 5.95. The first-order valence-electron chi connectivity index (χ1n) is 5.95. The number of aromatic amines is 1. The van der Waals surface area contributed by atoms with E-state index in [-0.39, 0.29) is 18.1 Å². The average molecular weight is 270 g/mol. The Morgan fingerprint density at radius 1 is 1.37 bits per heavy atom. The summed E-state index contributed by atoms with van der Waals surface area (Å²) in [7, 11) is 0. The lowest BCUT2D eigenvalue weighted by Gasteiger charge is -2.12. The molecule has 0 fully saturated rings. The molecule has 6 heteroatoms. The summed E-state index contributed by atoms with van der Waals surface area (Å²) in [6.07, 6.45) is 4.00. The zero-order valence-electron chi connectivity index (χ0n) is 10.1. The number of halogens is 3. The molecule has 1 N–H and O–H groups in total. The van der Waals surface area contributed by atoms with Crippen molar-refractivity contribution in [3.05, 3.63) is 41.8 Å². The summed E-state index contributed by atoms with van der Waals surface area (Å²) < 4.78 is 37.2. The van der Waals surface area contributed by atoms with Gasteiger partial charge < -0.3 is 0 Å². The van der Waals surface area contributed by atoms with Crippen molar-refractivity contribution in [2.24, 2.45) is 5.92 Å². The van der Waals surface area contributed by atoms with E-state index in [1.165, 1.54) is 6.08 Å². The maximum absolute atomic E-state index is 12.4. The number of H-pyrrole nitrogens is 1. The number of allylic oxidation sites excluding steroid dienone is 4. The van der Waals surface area contributed by atoms with Crippen molar-refractivity contribution in [3.8, 4) is 0 Å². The zero-order chi connectivity index (χ0) is 13.9. The van der Waals surface area contributed by atoms with Crippen LogP contribution < -0.4 is 0 Å². The molecule has 19 heavy (non-hydrogen) atoms. The second-order valence-corrected chi connectivity index (χ2v) is 4.44. The number of carbonyl (C=O) groups is 1. The lowest BCUT2D eigenvalue weighted by Crippen LogP contribution is -2.15. The number of nitrogens with zero attached hydrogens (tertiary/aromatic N) is 1. The molecule has 3 nitrogen and oxygen atoms in total. The molecule has 0 bridgehead atoms. The Hall–Kier alpha value is -1.85. The average Bonchev–Trinajstić information content (AvgIpc) is 2.77. The van der Waals surface area contributed by atoms with E-state index in [0.717, 1.165) is 12.5 Å². The summed E-state index contributed by atoms with van der Waals surface area (Å²) in [5.74, 6) is -0.366. The van der Waals surface area contributed by atoms with Crippen LogP contribution >= 0.6 is 0 Å². The minimum absolute atomic E-state index is 0.0625. The fourth-order valence-electron chi connectivity index (χ4n) is 1.98. The fourth-order valence-corrected chi connectivity index (χ4v) is 1.98. The first kappa shape index (κ1) is 13.6. The molecular formula is C13H13F3N2O. The molecule has 0 saturated heterocycles. The summed E-state index contributed by atoms with van der Waals surface area (Å²) in [5, 5.41) is 5.58. The Bertz CT molecular complexity index is 514. The summed E-state index contributed by atoms with van der Waals surface area (Å²) >= 11 is 0. The van der Waals surface area contributed by atoms with Gasteiger partial charge in [-0.15, -0.1) is 0 Å². The van der Waals surface area contributed by atoms with Gasteiger partial charge in [0.25, 0.3) is 0 Å². The van der Waals surface area contributed by atoms with Gasteiger partial charge in [0.1, 0.15) is 0 Å². The third-order valence-corrected chi connectivity index (χ3v) is 2.98. The Balaban J connectivity index is 2.08. The number of ketones is 1. The van der Waals surface area contributed by atoms with Gasteiger partial charge in [-0.25, -0.2) is 0 Å². The van der Waals surface area contributed by atoms with E-state index in [9.17, 15) is 18.0 Å². The highest BCUT2D eigenvalue weighted by Gasteiger charge is 2.34. The van der Waals surface area contributed by atoms with Gasteiger partial charge >= 0.3 is 6.18 Å². The van der Waals surface area contributed by atoms with Crippen LogP contribution in [0.15, 0.2) is 30.4 Å². The molecule has 1 aliphatic carbocycles. The minimum atomic E-state index is -4.46. The van der Waals surface area contributed by atoms with Gasteiger partial charge in [-0.3, -0.25) is 9.89 Å². The van der Waals surface area contributed by atoms with E-state index < -0.39 is 11.9 Å². The molecule has 1 aromatic rings. The van der Waals surface area contributed by atoms with Crippen molar-refractivity contribution >= 4 is 5.78 Å². The maximum Gasteiger partial charge on any atom is 0.435 e. The molecule has 1 aromatic heterocycles. The van der Waals surface area contributed by atoms with Crippen LogP contribution in [0.4, 0.5) is 13.2 Å². The largest absolute Gasteiger partial charge is 0.435 e. The lowest BCUT2D eigenvalue weighted by molar-refractivity contribution is -0.141. The predicted octanol–water partition coefficient (Wildman–Crippen LogP) is 3.06. The number of hydrogen-bond acceptors (Lipinski definition) is 2. The van der Waals surface area contributed by atoms with E-state index in [1.54, 1.807) is 12.2 Å². The van der Waals surface area contributed by atoms with Crippen molar-refractivity contribution in [3.63, 3.8) is 0 Å². The van der Waals surface area contributed by atoms with E-state index in [2.05, 4.69) is 10.2 Å². The molecule has 0 spiro atoms. The molecule has 0 aliphatic heterocycles. The molecule has 1 unspecified atom stereocenters. The summed E-state index contributed by atoms with van der Waals surface area (Å²) in [6, 6.07) is 0.964. The number of aromatic nitrogens is 2. The molecule has 0 radical (unpaired) electrons. The van der Waals surface area contributed by atoms with Crippen LogP contribution in [-0.4, -0.2) is 16.0 Å². The Morgan fingerprint density at radius 3 is 2.84 bits per heavy atom. The quantitative estimate of drug-likeness (QED) is 0.897. The predicted molar refractivity (Wildman–Crippen MR) is 63.3 cm³/mol. The van der Waals surface area contributed by atoms with E-state index in [1.807, 2.05) is 6.08 Å². The minimum Gasteiger partial charge on any atom is -0.295 e. The molecule has 0 saturated carbocycles. The number of nitrogens with one attached hydrogen (secondary N) is 1. The normalized spacial score (nSPS) is 23.7. The second-order valence-electron chi connectivity index (χ2n) is 4.44. The summed E-state index contributed by atoms with van der Waals surface area (Å²) in [5.41, 5.74) is -0.611. The molecule has 102 valence electrons. The number of alkyl halides is 3. The number of hydrogen-bond donors (Lipinski definition) is 1. The van der Waals surface area contributed by atoms with Crippen LogP contribution in [0.2, 0.25) is 0 Å². The van der Waals surface area contributed by atoms with E-state index in [0.29, 0.717) is 12.1 Å². The van der Waals surface area contributed by atoms with Gasteiger partial charge in [-0.05, 0) is 31.4 Å². The van der Waals surface area contributed by atoms with Crippen LogP contribution in [0.1, 0.15) is 24.2 Å². The highest BCUT2D eigenvalue weighted by Crippen LogP contribution is 2.28. The van der Waals surface area contributed by atoms with Crippen molar-refractivity contribution in [1.29, 1.82) is 0 Å². The smallest absolute Gasteiger partial charge is 0.295 e. The molecule has 0 amide bonds. The van der Waals surface area contributed by atoms with Crippen LogP contribution in [0.3, 0.4) is 0 Å². The fraction of sp³-hybridized carbons (Fsp3) is 0.385. The Labute approximate surface area is 108 Å². The SMILES string of the molecule is O=C1/C=C\C=C/CCC1Cc1cc(C(F)(F)F)n[nH]1. The van der Waals surface area contributed by atoms with Crippen molar-refractivity contribution < 1.29 is 18.0 Å². The van der Waals surface area contributed by atoms with Gasteiger partial charge in [0.2, 0.25) is 0 Å². The molecule has 1 heterocycles. The van der Waals surface area contributed by atoms with Crippen molar-refractivity contribution in [2.75, 3.05) is 0 Å². The van der Waals surface area contributed by atoms with Crippen LogP contribution in [0.5, 0.6) is 0 Å². The van der Waals surface area contributed by atoms with E-state index >= 15 is 0 Å². The Morgan fingerprint density at radius 2 is 2.16 bits per heavy atom. The van der Waals surface area contributed by atoms with Crippen molar-refractivity contribution in [2.45, 2.75) is 25.4 Å². The second kappa shape index (κ2) is 5.42. The van der Waals surface area contributed by atoms with Crippen molar-refractivity contribution in [1.82, 2.24) is 10.2 Å². The molecule has 2 rings (SSSR count). The third kappa shape index (κ3) is 3.56. The maximum atomic E-state index is 12.4. The first-order chi connectivity index (χ1) is 8.97. The van der Waals surface area contributed by atoms with Gasteiger partial charge in [0.05, 0.1) is 0 Å². The molecule has 0 aromatic carbocycles. The lowest BCUT2D eigenvalue weighted by atomic mass is 9.91. The monoisotopic (exact) mass is 270 g/mol. The van der Waals surface area contributed by atoms with Gasteiger partial charge in [-0.2, -0.15) is 18.3 Å². The zero-order valence-corrected chi connectivity index (χ0v) is 10.1. The van der Waals surface area contributed by atoms with Gasteiger partial charge in [-0.1, -0.05) is 18.2 Å². The standard InChI is InChI=1S/C13H13F3N2O/c14-13(15,16)12-8-10(17-18-12)7-9-5-3-1-2-4-6-11(9)19/h1-2,4,6,8-9H,3,5,7H2,(H,17,18)/b2-1-,6-4-. The van der Waals surface area contributed by atoms with Crippen LogP contribution in [0, 0.1) is 5.92 Å². The molecule has 1 aliphatic rings. The number of rotatable bonds is 2. The van der Waals surface area contributed by atoms with Crippen LogP contribution in [0.25, 0.3) is 0 Å². The highest BCUT2D eigenvalue weighted by atomic mass is 19.4. The highest BCUT2D eigenvalue weighted by molar-refractivity contribution is 5.92. The summed E-state index contributed by atoms with van der Waals surface area (Å²) in [4.78, 5) is 11.8.